The summed E-state index contributed by atoms with van der Waals surface area (Å²) >= 11 is 0. The zero-order chi connectivity index (χ0) is 13.3. The van der Waals surface area contributed by atoms with E-state index in [4.69, 9.17) is 4.98 Å². The van der Waals surface area contributed by atoms with Gasteiger partial charge in [0.1, 0.15) is 5.82 Å². The van der Waals surface area contributed by atoms with Crippen LogP contribution >= 0.6 is 0 Å². The molecular weight excluding hydrogens is 234 g/mol. The van der Waals surface area contributed by atoms with Gasteiger partial charge in [-0.25, -0.2) is 4.98 Å². The van der Waals surface area contributed by atoms with Gasteiger partial charge < -0.3 is 4.90 Å². The van der Waals surface area contributed by atoms with Crippen LogP contribution in [-0.2, 0) is 0 Å². The van der Waals surface area contributed by atoms with Gasteiger partial charge in [-0.15, -0.1) is 0 Å². The Kier molecular flexibility index (Phi) is 3.46. The summed E-state index contributed by atoms with van der Waals surface area (Å²) in [5, 5.41) is 0. The summed E-state index contributed by atoms with van der Waals surface area (Å²) in [5.74, 6) is 1.12. The Morgan fingerprint density at radius 1 is 1.00 bits per heavy atom. The van der Waals surface area contributed by atoms with Gasteiger partial charge in [-0.2, -0.15) is 0 Å². The van der Waals surface area contributed by atoms with Crippen molar-refractivity contribution in [2.45, 2.75) is 58.8 Å². The largest absolute Gasteiger partial charge is 0.355 e. The molecule has 0 radical (unpaired) electrons. The second-order valence-electron chi connectivity index (χ2n) is 6.47. The zero-order valence-corrected chi connectivity index (χ0v) is 12.3. The third kappa shape index (κ3) is 2.60. The minimum Gasteiger partial charge on any atom is -0.355 e. The lowest BCUT2D eigenvalue weighted by Crippen LogP contribution is -2.41. The van der Waals surface area contributed by atoms with Crippen LogP contribution in [0.3, 0.4) is 0 Å². The van der Waals surface area contributed by atoms with Crippen LogP contribution in [0.4, 0.5) is 5.82 Å². The van der Waals surface area contributed by atoms with Crippen LogP contribution in [-0.4, -0.2) is 23.1 Å². The van der Waals surface area contributed by atoms with E-state index in [0.717, 1.165) is 17.2 Å². The fraction of sp³-hybridized carbons (Fsp3) is 0.750. The first-order valence-electron chi connectivity index (χ1n) is 7.74. The van der Waals surface area contributed by atoms with Gasteiger partial charge in [-0.3, -0.25) is 4.98 Å². The number of aryl methyl sites for hydroxylation is 2. The molecule has 1 saturated heterocycles. The monoisotopic (exact) mass is 259 g/mol. The summed E-state index contributed by atoms with van der Waals surface area (Å²) < 4.78 is 0. The molecule has 2 fully saturated rings. The van der Waals surface area contributed by atoms with Crippen molar-refractivity contribution in [1.29, 1.82) is 0 Å². The molecule has 1 aliphatic carbocycles. The van der Waals surface area contributed by atoms with Crippen molar-refractivity contribution in [1.82, 2.24) is 9.97 Å². The number of nitrogens with zero attached hydrogens (tertiary/aromatic N) is 3. The number of rotatable bonds is 1. The molecule has 19 heavy (non-hydrogen) atoms. The van der Waals surface area contributed by atoms with Crippen LogP contribution in [0.25, 0.3) is 0 Å². The van der Waals surface area contributed by atoms with E-state index < -0.39 is 0 Å². The van der Waals surface area contributed by atoms with Crippen molar-refractivity contribution in [3.05, 3.63) is 17.6 Å². The molecule has 3 rings (SSSR count). The number of aromatic nitrogens is 2. The van der Waals surface area contributed by atoms with Crippen LogP contribution < -0.4 is 4.90 Å². The van der Waals surface area contributed by atoms with Crippen LogP contribution in [0.1, 0.15) is 56.3 Å². The molecule has 0 unspecified atom stereocenters. The van der Waals surface area contributed by atoms with Crippen molar-refractivity contribution >= 4 is 5.82 Å². The van der Waals surface area contributed by atoms with Gasteiger partial charge in [-0.1, -0.05) is 19.3 Å². The van der Waals surface area contributed by atoms with E-state index in [9.17, 15) is 0 Å². The molecule has 1 aromatic heterocycles. The normalized spacial score (nSPS) is 22.7. The predicted octanol–water partition coefficient (Wildman–Crippen LogP) is 3.64. The molecule has 1 aliphatic heterocycles. The molecule has 1 aromatic rings. The Balaban J connectivity index is 1.71. The number of anilines is 1. The molecular formula is C16H25N3. The molecule has 0 atom stereocenters. The van der Waals surface area contributed by atoms with E-state index in [1.807, 2.05) is 13.1 Å². The van der Waals surface area contributed by atoms with Crippen molar-refractivity contribution in [2.24, 2.45) is 5.41 Å². The maximum absolute atomic E-state index is 4.69. The molecule has 3 nitrogen and oxygen atoms in total. The third-order valence-corrected chi connectivity index (χ3v) is 5.09. The quantitative estimate of drug-likeness (QED) is 0.771. The summed E-state index contributed by atoms with van der Waals surface area (Å²) in [7, 11) is 0. The number of hydrogen-bond acceptors (Lipinski definition) is 3. The van der Waals surface area contributed by atoms with Gasteiger partial charge in [0.05, 0.1) is 11.4 Å². The highest BCUT2D eigenvalue weighted by molar-refractivity contribution is 5.43. The zero-order valence-electron chi connectivity index (χ0n) is 12.3. The first kappa shape index (κ1) is 12.9. The summed E-state index contributed by atoms with van der Waals surface area (Å²) in [4.78, 5) is 11.6. The van der Waals surface area contributed by atoms with E-state index in [0.29, 0.717) is 5.41 Å². The second-order valence-corrected chi connectivity index (χ2v) is 6.47. The van der Waals surface area contributed by atoms with Crippen LogP contribution in [0.2, 0.25) is 0 Å². The highest BCUT2D eigenvalue weighted by atomic mass is 15.2. The van der Waals surface area contributed by atoms with Gasteiger partial charge in [0, 0.05) is 19.3 Å². The molecule has 0 amide bonds. The van der Waals surface area contributed by atoms with E-state index in [-0.39, 0.29) is 0 Å². The average molecular weight is 259 g/mol. The van der Waals surface area contributed by atoms with Gasteiger partial charge in [-0.05, 0) is 44.9 Å². The summed E-state index contributed by atoms with van der Waals surface area (Å²) in [5.41, 5.74) is 2.77. The molecule has 2 aliphatic rings. The van der Waals surface area contributed by atoms with Crippen molar-refractivity contribution in [2.75, 3.05) is 18.0 Å². The molecule has 2 heterocycles. The van der Waals surface area contributed by atoms with Crippen LogP contribution in [0.5, 0.6) is 0 Å². The summed E-state index contributed by atoms with van der Waals surface area (Å²) in [6.45, 7) is 6.44. The first-order chi connectivity index (χ1) is 9.19. The molecule has 3 heteroatoms. The SMILES string of the molecule is Cc1cnc(C)c(N2CCC3(CCCCC3)CC2)n1. The fourth-order valence-electron chi connectivity index (χ4n) is 3.82. The number of piperidine rings is 1. The van der Waals surface area contributed by atoms with Crippen LogP contribution in [0.15, 0.2) is 6.20 Å². The Labute approximate surface area is 116 Å². The Morgan fingerprint density at radius 3 is 2.37 bits per heavy atom. The Bertz CT molecular complexity index is 439. The van der Waals surface area contributed by atoms with E-state index >= 15 is 0 Å². The smallest absolute Gasteiger partial charge is 0.150 e. The lowest BCUT2D eigenvalue weighted by Gasteiger charge is -2.44. The molecule has 104 valence electrons. The van der Waals surface area contributed by atoms with Gasteiger partial charge in [0.2, 0.25) is 0 Å². The first-order valence-corrected chi connectivity index (χ1v) is 7.74. The Hall–Kier alpha value is -1.12. The van der Waals surface area contributed by atoms with Gasteiger partial charge in [0.25, 0.3) is 0 Å². The maximum atomic E-state index is 4.69. The number of hydrogen-bond donors (Lipinski definition) is 0. The second kappa shape index (κ2) is 5.10. The van der Waals surface area contributed by atoms with Crippen molar-refractivity contribution in [3.63, 3.8) is 0 Å². The van der Waals surface area contributed by atoms with Crippen molar-refractivity contribution < 1.29 is 0 Å². The van der Waals surface area contributed by atoms with E-state index in [1.54, 1.807) is 0 Å². The molecule has 1 saturated carbocycles. The van der Waals surface area contributed by atoms with Crippen LogP contribution in [0, 0.1) is 19.3 Å². The minimum absolute atomic E-state index is 0.667. The molecule has 0 aromatic carbocycles. The lowest BCUT2D eigenvalue weighted by molar-refractivity contribution is 0.144. The summed E-state index contributed by atoms with van der Waals surface area (Å²) in [6, 6.07) is 0. The highest BCUT2D eigenvalue weighted by Gasteiger charge is 2.36. The minimum atomic E-state index is 0.667. The molecule has 0 N–H and O–H groups in total. The fourth-order valence-corrected chi connectivity index (χ4v) is 3.82. The van der Waals surface area contributed by atoms with E-state index in [1.165, 1.54) is 58.0 Å². The Morgan fingerprint density at radius 2 is 1.68 bits per heavy atom. The topological polar surface area (TPSA) is 29.0 Å². The average Bonchev–Trinajstić information content (AvgIpc) is 2.44. The maximum Gasteiger partial charge on any atom is 0.150 e. The van der Waals surface area contributed by atoms with E-state index in [2.05, 4.69) is 16.8 Å². The standard InChI is InChI=1S/C16H25N3/c1-13-12-17-14(2)15(18-13)19-10-8-16(9-11-19)6-4-3-5-7-16/h12H,3-11H2,1-2H3. The summed E-state index contributed by atoms with van der Waals surface area (Å²) in [6.07, 6.45) is 11.8. The predicted molar refractivity (Wildman–Crippen MR) is 78.5 cm³/mol. The van der Waals surface area contributed by atoms with Gasteiger partial charge >= 0.3 is 0 Å². The molecule has 0 bridgehead atoms. The van der Waals surface area contributed by atoms with Crippen molar-refractivity contribution in [3.8, 4) is 0 Å². The third-order valence-electron chi connectivity index (χ3n) is 5.09. The molecule has 1 spiro atoms. The lowest BCUT2D eigenvalue weighted by atomic mass is 9.68. The van der Waals surface area contributed by atoms with Gasteiger partial charge in [0.15, 0.2) is 0 Å². The highest BCUT2D eigenvalue weighted by Crippen LogP contribution is 2.45.